The van der Waals surface area contributed by atoms with Gasteiger partial charge in [-0.15, -0.1) is 11.3 Å². The molecule has 0 saturated carbocycles. The average Bonchev–Trinajstić information content (AvgIpc) is 3.09. The summed E-state index contributed by atoms with van der Waals surface area (Å²) in [4.78, 5) is 4.69. The molecule has 0 aliphatic carbocycles. The maximum atomic E-state index is 5.62. The maximum absolute atomic E-state index is 5.62. The predicted molar refractivity (Wildman–Crippen MR) is 98.6 cm³/mol. The van der Waals surface area contributed by atoms with Crippen molar-refractivity contribution in [3.8, 4) is 22.8 Å². The highest BCUT2D eigenvalue weighted by Crippen LogP contribution is 2.31. The molecule has 0 spiro atoms. The van der Waals surface area contributed by atoms with Crippen LogP contribution < -0.4 is 9.47 Å². The summed E-state index contributed by atoms with van der Waals surface area (Å²) in [5.74, 6) is 1.62. The summed E-state index contributed by atoms with van der Waals surface area (Å²) in [7, 11) is 0. The third-order valence-corrected chi connectivity index (χ3v) is 4.66. The molecule has 0 unspecified atom stereocenters. The van der Waals surface area contributed by atoms with Crippen LogP contribution in [0.3, 0.4) is 0 Å². The lowest BCUT2D eigenvalue weighted by Gasteiger charge is -2.18. The smallest absolute Gasteiger partial charge is 0.161 e. The lowest BCUT2D eigenvalue weighted by Crippen LogP contribution is -2.15. The van der Waals surface area contributed by atoms with Crippen molar-refractivity contribution in [2.45, 2.75) is 6.92 Å². The lowest BCUT2D eigenvalue weighted by molar-refractivity contribution is 0.171. The minimum Gasteiger partial charge on any atom is -0.486 e. The molecule has 1 aliphatic rings. The second-order valence-electron chi connectivity index (χ2n) is 5.67. The van der Waals surface area contributed by atoms with E-state index < -0.39 is 0 Å². The van der Waals surface area contributed by atoms with Gasteiger partial charge in [-0.05, 0) is 30.7 Å². The second kappa shape index (κ2) is 6.49. The number of fused-ring (bicyclic) bond motifs is 1. The highest BCUT2D eigenvalue weighted by Gasteiger charge is 2.10. The van der Waals surface area contributed by atoms with Crippen LogP contribution in [0.2, 0.25) is 0 Å². The number of thiazole rings is 1. The first-order valence-electron chi connectivity index (χ1n) is 7.88. The molecule has 0 saturated heterocycles. The molecule has 0 N–H and O–H groups in total. The molecular formula is C20H17NO2S. The van der Waals surface area contributed by atoms with Gasteiger partial charge in [0.25, 0.3) is 0 Å². The Morgan fingerprint density at radius 3 is 2.58 bits per heavy atom. The fourth-order valence-corrected chi connectivity index (χ4v) is 3.27. The number of aryl methyl sites for hydroxylation is 1. The van der Waals surface area contributed by atoms with Crippen LogP contribution in [0.15, 0.2) is 47.8 Å². The third-order valence-electron chi connectivity index (χ3n) is 3.85. The molecule has 0 bridgehead atoms. The highest BCUT2D eigenvalue weighted by molar-refractivity contribution is 7.10. The van der Waals surface area contributed by atoms with Crippen molar-refractivity contribution in [1.82, 2.24) is 4.98 Å². The Morgan fingerprint density at radius 1 is 0.958 bits per heavy atom. The number of rotatable bonds is 3. The molecule has 2 aromatic carbocycles. The quantitative estimate of drug-likeness (QED) is 0.670. The SMILES string of the molecule is Cc1ccc(-c2csc(C=Cc3ccc4c(c3)OCCO4)n2)cc1. The van der Waals surface area contributed by atoms with E-state index in [-0.39, 0.29) is 0 Å². The van der Waals surface area contributed by atoms with Gasteiger partial charge in [0.05, 0.1) is 5.69 Å². The molecule has 3 aromatic rings. The molecule has 24 heavy (non-hydrogen) atoms. The predicted octanol–water partition coefficient (Wildman–Crippen LogP) is 5.06. The molecule has 0 fully saturated rings. The van der Waals surface area contributed by atoms with Gasteiger partial charge in [0, 0.05) is 10.9 Å². The molecule has 0 amide bonds. The van der Waals surface area contributed by atoms with Crippen molar-refractivity contribution in [3.05, 3.63) is 64.0 Å². The van der Waals surface area contributed by atoms with Crippen LogP contribution >= 0.6 is 11.3 Å². The largest absolute Gasteiger partial charge is 0.486 e. The minimum absolute atomic E-state index is 0.604. The maximum Gasteiger partial charge on any atom is 0.161 e. The van der Waals surface area contributed by atoms with E-state index >= 15 is 0 Å². The summed E-state index contributed by atoms with van der Waals surface area (Å²) in [6, 6.07) is 14.4. The van der Waals surface area contributed by atoms with E-state index in [4.69, 9.17) is 9.47 Å². The second-order valence-corrected chi connectivity index (χ2v) is 6.56. The Morgan fingerprint density at radius 2 is 1.75 bits per heavy atom. The zero-order chi connectivity index (χ0) is 16.4. The molecular weight excluding hydrogens is 318 g/mol. The lowest BCUT2D eigenvalue weighted by atomic mass is 10.1. The Balaban J connectivity index is 1.53. The standard InChI is InChI=1S/C20H17NO2S/c1-14-2-6-16(7-3-14)17-13-24-20(21-17)9-5-15-4-8-18-19(12-15)23-11-10-22-18/h2-9,12-13H,10-11H2,1H3. The number of nitrogens with zero attached hydrogens (tertiary/aromatic N) is 1. The van der Waals surface area contributed by atoms with Gasteiger partial charge in [-0.3, -0.25) is 0 Å². The number of hydrogen-bond donors (Lipinski definition) is 0. The van der Waals surface area contributed by atoms with E-state index in [1.165, 1.54) is 5.56 Å². The summed E-state index contributed by atoms with van der Waals surface area (Å²) in [5, 5.41) is 3.08. The van der Waals surface area contributed by atoms with E-state index in [2.05, 4.69) is 47.6 Å². The van der Waals surface area contributed by atoms with Crippen LogP contribution in [-0.2, 0) is 0 Å². The molecule has 0 radical (unpaired) electrons. The Kier molecular flexibility index (Phi) is 4.05. The monoisotopic (exact) mass is 335 g/mol. The summed E-state index contributed by atoms with van der Waals surface area (Å²) in [6.07, 6.45) is 4.09. The molecule has 1 aromatic heterocycles. The van der Waals surface area contributed by atoms with E-state index in [9.17, 15) is 0 Å². The molecule has 1 aliphatic heterocycles. The third kappa shape index (κ3) is 3.19. The van der Waals surface area contributed by atoms with Crippen molar-refractivity contribution in [1.29, 1.82) is 0 Å². The Hall–Kier alpha value is -2.59. The molecule has 120 valence electrons. The van der Waals surface area contributed by atoms with Crippen LogP contribution in [0, 0.1) is 6.92 Å². The van der Waals surface area contributed by atoms with Crippen molar-refractivity contribution in [2.24, 2.45) is 0 Å². The highest BCUT2D eigenvalue weighted by atomic mass is 32.1. The molecule has 2 heterocycles. The molecule has 0 atom stereocenters. The van der Waals surface area contributed by atoms with Gasteiger partial charge in [-0.2, -0.15) is 0 Å². The van der Waals surface area contributed by atoms with Gasteiger partial charge >= 0.3 is 0 Å². The van der Waals surface area contributed by atoms with Gasteiger partial charge in [0.2, 0.25) is 0 Å². The van der Waals surface area contributed by atoms with Gasteiger partial charge in [0.1, 0.15) is 18.2 Å². The van der Waals surface area contributed by atoms with E-state index in [1.54, 1.807) is 11.3 Å². The first-order chi connectivity index (χ1) is 11.8. The average molecular weight is 335 g/mol. The van der Waals surface area contributed by atoms with E-state index in [1.807, 2.05) is 24.3 Å². The zero-order valence-electron chi connectivity index (χ0n) is 13.4. The van der Waals surface area contributed by atoms with Crippen molar-refractivity contribution in [3.63, 3.8) is 0 Å². The summed E-state index contributed by atoms with van der Waals surface area (Å²) in [6.45, 7) is 3.31. The summed E-state index contributed by atoms with van der Waals surface area (Å²) >= 11 is 1.64. The first kappa shape index (κ1) is 15.0. The molecule has 4 heteroatoms. The normalized spacial score (nSPS) is 13.4. The van der Waals surface area contributed by atoms with Crippen LogP contribution in [-0.4, -0.2) is 18.2 Å². The van der Waals surface area contributed by atoms with E-state index in [0.29, 0.717) is 13.2 Å². The van der Waals surface area contributed by atoms with Crippen LogP contribution in [0.4, 0.5) is 0 Å². The fraction of sp³-hybridized carbons (Fsp3) is 0.150. The van der Waals surface area contributed by atoms with Gasteiger partial charge < -0.3 is 9.47 Å². The zero-order valence-corrected chi connectivity index (χ0v) is 14.2. The molecule has 4 rings (SSSR count). The fourth-order valence-electron chi connectivity index (χ4n) is 2.55. The number of aromatic nitrogens is 1. The van der Waals surface area contributed by atoms with Crippen LogP contribution in [0.1, 0.15) is 16.1 Å². The van der Waals surface area contributed by atoms with Gasteiger partial charge in [-0.1, -0.05) is 42.0 Å². The first-order valence-corrected chi connectivity index (χ1v) is 8.76. The number of hydrogen-bond acceptors (Lipinski definition) is 4. The van der Waals surface area contributed by atoms with Gasteiger partial charge in [0.15, 0.2) is 11.5 Å². The topological polar surface area (TPSA) is 31.4 Å². The van der Waals surface area contributed by atoms with Crippen molar-refractivity contribution in [2.75, 3.05) is 13.2 Å². The van der Waals surface area contributed by atoms with Gasteiger partial charge in [-0.25, -0.2) is 4.98 Å². The minimum atomic E-state index is 0.604. The number of ether oxygens (including phenoxy) is 2. The van der Waals surface area contributed by atoms with Crippen LogP contribution in [0.5, 0.6) is 11.5 Å². The van der Waals surface area contributed by atoms with E-state index in [0.717, 1.165) is 33.3 Å². The van der Waals surface area contributed by atoms with Crippen LogP contribution in [0.25, 0.3) is 23.4 Å². The molecule has 3 nitrogen and oxygen atoms in total. The van der Waals surface area contributed by atoms with Crippen molar-refractivity contribution >= 4 is 23.5 Å². The van der Waals surface area contributed by atoms with Crippen molar-refractivity contribution < 1.29 is 9.47 Å². The Bertz CT molecular complexity index is 881. The summed E-state index contributed by atoms with van der Waals surface area (Å²) < 4.78 is 11.2. The number of benzene rings is 2. The summed E-state index contributed by atoms with van der Waals surface area (Å²) in [5.41, 5.74) is 4.50. The Labute approximate surface area is 145 Å².